The van der Waals surface area contributed by atoms with Gasteiger partial charge in [0.25, 0.3) is 0 Å². The Kier molecular flexibility index (Phi) is 2.36. The molecular weight excluding hydrogens is 82.0 g/mol. The fourth-order valence-electron chi connectivity index (χ4n) is 0.182. The first-order valence-electron chi connectivity index (χ1n) is 1.81. The Morgan fingerprint density at radius 3 is 2.33 bits per heavy atom. The van der Waals surface area contributed by atoms with Crippen molar-refractivity contribution < 1.29 is 9.76 Å². The summed E-state index contributed by atoms with van der Waals surface area (Å²) in [6, 6.07) is 0. The van der Waals surface area contributed by atoms with E-state index in [1.807, 2.05) is 0 Å². The van der Waals surface area contributed by atoms with Gasteiger partial charge < -0.3 is 0 Å². The third-order valence-electron chi connectivity index (χ3n) is 0.311. The van der Waals surface area contributed by atoms with Gasteiger partial charge in [-0.1, -0.05) is 0 Å². The molecule has 3 nitrogen and oxygen atoms in total. The molecule has 0 aromatic carbocycles. The third-order valence-corrected chi connectivity index (χ3v) is 0.311. The van der Waals surface area contributed by atoms with Crippen LogP contribution in [0.15, 0.2) is 0 Å². The highest BCUT2D eigenvalue weighted by molar-refractivity contribution is 3.91. The summed E-state index contributed by atoms with van der Waals surface area (Å²) in [7, 11) is 1.31. The third kappa shape index (κ3) is 3.40. The van der Waals surface area contributed by atoms with Crippen LogP contribution in [-0.2, 0) is 4.84 Å². The lowest BCUT2D eigenvalue weighted by Crippen LogP contribution is -2.00. The predicted octanol–water partition coefficient (Wildman–Crippen LogP) is 0.347. The molecule has 0 fully saturated rings. The molecule has 0 aromatic rings. The molecule has 0 atom stereocenters. The maximum atomic E-state index is 9.74. The Hall–Kier alpha value is -0.600. The van der Waals surface area contributed by atoms with Gasteiger partial charge in [-0.2, -0.15) is 0 Å². The van der Waals surface area contributed by atoms with Crippen LogP contribution in [0.3, 0.4) is 0 Å². The highest BCUT2D eigenvalue weighted by atomic mass is 16.8. The maximum Gasteiger partial charge on any atom is 0.239 e. The second-order valence-corrected chi connectivity index (χ2v) is 0.857. The number of rotatable bonds is 2. The van der Waals surface area contributed by atoms with Crippen LogP contribution in [0.4, 0.5) is 0 Å². The van der Waals surface area contributed by atoms with Crippen LogP contribution in [0, 0.1) is 4.91 Å². The van der Waals surface area contributed by atoms with E-state index in [0.29, 0.717) is 11.5 Å². The van der Waals surface area contributed by atoms with Crippen molar-refractivity contribution in [3.63, 3.8) is 0 Å². The van der Waals surface area contributed by atoms with Crippen molar-refractivity contribution in [3.05, 3.63) is 4.91 Å². The molecule has 0 heterocycles. The van der Waals surface area contributed by atoms with Crippen LogP contribution in [0.1, 0.15) is 6.92 Å². The van der Waals surface area contributed by atoms with Crippen molar-refractivity contribution in [2.75, 3.05) is 13.7 Å². The Balaban J connectivity index is 2.83. The number of hydrogen-bond acceptors (Lipinski definition) is 2. The lowest BCUT2D eigenvalue weighted by Gasteiger charge is -1.78. The predicted molar refractivity (Wildman–Crippen MR) is 21.2 cm³/mol. The van der Waals surface area contributed by atoms with Crippen LogP contribution in [-0.4, -0.2) is 18.6 Å². The van der Waals surface area contributed by atoms with Crippen molar-refractivity contribution >= 4 is 0 Å². The molecule has 0 saturated carbocycles. The molecular formula is C3H8NO2+. The first kappa shape index (κ1) is 5.40. The minimum absolute atomic E-state index is 0.431. The molecule has 0 aliphatic carbocycles. The van der Waals surface area contributed by atoms with E-state index in [-0.39, 0.29) is 0 Å². The second-order valence-electron chi connectivity index (χ2n) is 0.857. The molecule has 0 bridgehead atoms. The molecule has 0 aromatic heterocycles. The fraction of sp³-hybridized carbons (Fsp3) is 1.00. The largest absolute Gasteiger partial charge is 0.239 e. The van der Waals surface area contributed by atoms with Crippen molar-refractivity contribution in [2.24, 2.45) is 0 Å². The van der Waals surface area contributed by atoms with Crippen LogP contribution >= 0.6 is 0 Å². The van der Waals surface area contributed by atoms with Gasteiger partial charge in [-0.25, -0.2) is 4.84 Å². The van der Waals surface area contributed by atoms with Crippen molar-refractivity contribution in [1.29, 1.82) is 0 Å². The van der Waals surface area contributed by atoms with E-state index in [1.54, 1.807) is 6.92 Å². The van der Waals surface area contributed by atoms with Crippen LogP contribution in [0.25, 0.3) is 0 Å². The minimum Gasteiger partial charge on any atom is -0.233 e. The molecule has 36 valence electrons. The summed E-state index contributed by atoms with van der Waals surface area (Å²) in [6.45, 7) is 2.20. The van der Waals surface area contributed by atoms with E-state index >= 15 is 0 Å². The first-order valence-corrected chi connectivity index (χ1v) is 1.81. The molecule has 0 saturated heterocycles. The van der Waals surface area contributed by atoms with Gasteiger partial charge in [-0.05, 0) is 6.92 Å². The van der Waals surface area contributed by atoms with Gasteiger partial charge in [0.2, 0.25) is 12.0 Å². The quantitative estimate of drug-likeness (QED) is 0.458. The average molecular weight is 90.1 g/mol. The van der Waals surface area contributed by atoms with Gasteiger partial charge in [0.15, 0.2) is 6.61 Å². The smallest absolute Gasteiger partial charge is 0.233 e. The summed E-state index contributed by atoms with van der Waals surface area (Å²) in [4.78, 5) is 14.5. The van der Waals surface area contributed by atoms with Gasteiger partial charge in [-0.15, -0.1) is 0 Å². The molecule has 0 aliphatic heterocycles. The summed E-state index contributed by atoms with van der Waals surface area (Å²) >= 11 is 0. The van der Waals surface area contributed by atoms with Gasteiger partial charge in [-0.3, -0.25) is 0 Å². The fourth-order valence-corrected chi connectivity index (χ4v) is 0.182. The zero-order valence-corrected chi connectivity index (χ0v) is 3.97. The summed E-state index contributed by atoms with van der Waals surface area (Å²) in [5, 5.41) is 0. The molecule has 6 heavy (non-hydrogen) atoms. The Morgan fingerprint density at radius 2 is 2.33 bits per heavy atom. The lowest BCUT2D eigenvalue weighted by atomic mass is 10.9. The molecule has 0 N–H and O–H groups in total. The van der Waals surface area contributed by atoms with Gasteiger partial charge in [0, 0.05) is 0 Å². The number of hydrogen-bond donors (Lipinski definition) is 0. The Bertz CT molecular complexity index is 52.8. The van der Waals surface area contributed by atoms with E-state index in [0.717, 1.165) is 0 Å². The zero-order chi connectivity index (χ0) is 4.99. The molecule has 0 unspecified atom stereocenters. The summed E-state index contributed by atoms with van der Waals surface area (Å²) in [6.07, 6.45) is 0. The van der Waals surface area contributed by atoms with E-state index in [4.69, 9.17) is 0 Å². The van der Waals surface area contributed by atoms with Crippen molar-refractivity contribution in [1.82, 2.24) is 0 Å². The molecule has 3 heteroatoms. The number of nitrogens with zero attached hydrogens (tertiary/aromatic N) is 1. The van der Waals surface area contributed by atoms with E-state index < -0.39 is 0 Å². The lowest BCUT2D eigenvalue weighted by molar-refractivity contribution is -0.783. The van der Waals surface area contributed by atoms with Crippen LogP contribution in [0.2, 0.25) is 0 Å². The monoisotopic (exact) mass is 90.1 g/mol. The highest BCUT2D eigenvalue weighted by Gasteiger charge is 1.88. The Morgan fingerprint density at radius 1 is 1.83 bits per heavy atom. The molecule has 0 radical (unpaired) electrons. The zero-order valence-electron chi connectivity index (χ0n) is 3.97. The van der Waals surface area contributed by atoms with Crippen LogP contribution < -0.4 is 0 Å². The topological polar surface area (TPSA) is 29.3 Å². The maximum absolute atomic E-state index is 9.74. The highest BCUT2D eigenvalue weighted by Crippen LogP contribution is 1.65. The van der Waals surface area contributed by atoms with E-state index in [1.165, 1.54) is 7.05 Å². The van der Waals surface area contributed by atoms with Crippen molar-refractivity contribution in [3.8, 4) is 0 Å². The van der Waals surface area contributed by atoms with E-state index in [9.17, 15) is 4.91 Å². The van der Waals surface area contributed by atoms with Gasteiger partial charge >= 0.3 is 0 Å². The average Bonchev–Trinajstić information content (AvgIpc) is 1.35. The molecule has 0 amide bonds. The summed E-state index contributed by atoms with van der Waals surface area (Å²) in [5.74, 6) is 0. The normalized spacial score (nSPS) is 7.67. The SMILES string of the molecule is CCO[N+](C)=O. The van der Waals surface area contributed by atoms with E-state index in [2.05, 4.69) is 4.84 Å². The molecule has 0 spiro atoms. The Labute approximate surface area is 36.4 Å². The summed E-state index contributed by atoms with van der Waals surface area (Å²) in [5.41, 5.74) is 0. The van der Waals surface area contributed by atoms with Crippen LogP contribution in [0.5, 0.6) is 0 Å². The second kappa shape index (κ2) is 2.63. The van der Waals surface area contributed by atoms with Gasteiger partial charge in [0.05, 0.1) is 4.91 Å². The molecule has 0 aliphatic rings. The standard InChI is InChI=1S/C3H8NO2/c1-3-6-4(2)5/h3H2,1-2H3/q+1. The molecule has 0 rings (SSSR count). The summed E-state index contributed by atoms with van der Waals surface area (Å²) < 4.78 is 0. The minimum atomic E-state index is 0.431. The van der Waals surface area contributed by atoms with Crippen molar-refractivity contribution in [2.45, 2.75) is 6.92 Å². The van der Waals surface area contributed by atoms with Gasteiger partial charge in [0.1, 0.15) is 0 Å². The first-order chi connectivity index (χ1) is 2.77.